The van der Waals surface area contributed by atoms with Gasteiger partial charge in [0.05, 0.1) is 16.4 Å². The molecule has 1 saturated heterocycles. The van der Waals surface area contributed by atoms with E-state index >= 15 is 0 Å². The number of hydrogen-bond acceptors (Lipinski definition) is 6. The number of nitrogens with zero attached hydrogens (tertiary/aromatic N) is 3. The number of hydrogen-bond donors (Lipinski definition) is 1. The van der Waals surface area contributed by atoms with Gasteiger partial charge in [-0.3, -0.25) is 19.8 Å². The van der Waals surface area contributed by atoms with E-state index in [0.717, 1.165) is 12.5 Å². The maximum absolute atomic E-state index is 12.9. The van der Waals surface area contributed by atoms with Crippen molar-refractivity contribution >= 4 is 21.6 Å². The highest BCUT2D eigenvalue weighted by atomic mass is 32.2. The summed E-state index contributed by atoms with van der Waals surface area (Å²) in [6, 6.07) is 3.95. The maximum atomic E-state index is 12.9. The van der Waals surface area contributed by atoms with Gasteiger partial charge in [0.1, 0.15) is 0 Å². The number of sulfonamides is 1. The predicted molar refractivity (Wildman–Crippen MR) is 101 cm³/mol. The molecule has 1 unspecified atom stereocenters. The first-order chi connectivity index (χ1) is 12.6. The Labute approximate surface area is 159 Å². The van der Waals surface area contributed by atoms with Crippen LogP contribution in [-0.2, 0) is 14.8 Å². The third-order valence-electron chi connectivity index (χ3n) is 4.72. The van der Waals surface area contributed by atoms with Crippen LogP contribution in [0.25, 0.3) is 0 Å². The Morgan fingerprint density at radius 2 is 1.93 bits per heavy atom. The lowest BCUT2D eigenvalue weighted by atomic mass is 10.2. The van der Waals surface area contributed by atoms with Crippen molar-refractivity contribution in [1.82, 2.24) is 14.5 Å². The summed E-state index contributed by atoms with van der Waals surface area (Å²) in [6.45, 7) is 7.11. The molecule has 1 aliphatic heterocycles. The maximum Gasteiger partial charge on any atom is 0.270 e. The van der Waals surface area contributed by atoms with Gasteiger partial charge in [0.25, 0.3) is 5.69 Å². The minimum absolute atomic E-state index is 0.0420. The highest BCUT2D eigenvalue weighted by molar-refractivity contribution is 7.89. The largest absolute Gasteiger partial charge is 0.353 e. The lowest BCUT2D eigenvalue weighted by molar-refractivity contribution is -0.385. The van der Waals surface area contributed by atoms with Gasteiger partial charge in [-0.05, 0) is 25.8 Å². The van der Waals surface area contributed by atoms with Crippen LogP contribution >= 0.6 is 0 Å². The first-order valence-electron chi connectivity index (χ1n) is 8.92. The van der Waals surface area contributed by atoms with Crippen LogP contribution < -0.4 is 5.32 Å². The molecule has 0 aliphatic carbocycles. The smallest absolute Gasteiger partial charge is 0.270 e. The number of benzene rings is 1. The summed E-state index contributed by atoms with van der Waals surface area (Å²) >= 11 is 0. The summed E-state index contributed by atoms with van der Waals surface area (Å²) < 4.78 is 27.1. The van der Waals surface area contributed by atoms with E-state index in [1.54, 1.807) is 6.92 Å². The van der Waals surface area contributed by atoms with Crippen LogP contribution in [0.15, 0.2) is 23.1 Å². The van der Waals surface area contributed by atoms with Gasteiger partial charge >= 0.3 is 0 Å². The number of aryl methyl sites for hydroxylation is 1. The summed E-state index contributed by atoms with van der Waals surface area (Å²) in [6.07, 6.45) is 0.848. The molecule has 2 rings (SSSR count). The van der Waals surface area contributed by atoms with Gasteiger partial charge in [0.15, 0.2) is 0 Å². The van der Waals surface area contributed by atoms with Crippen molar-refractivity contribution in [2.75, 3.05) is 32.7 Å². The van der Waals surface area contributed by atoms with E-state index in [-0.39, 0.29) is 42.2 Å². The molecule has 150 valence electrons. The number of nitrogens with one attached hydrogen (secondary N) is 1. The van der Waals surface area contributed by atoms with E-state index in [0.29, 0.717) is 18.7 Å². The zero-order valence-electron chi connectivity index (χ0n) is 15.8. The summed E-state index contributed by atoms with van der Waals surface area (Å²) in [5.41, 5.74) is 0.218. The van der Waals surface area contributed by atoms with Gasteiger partial charge < -0.3 is 5.32 Å². The molecule has 0 saturated carbocycles. The molecule has 9 nitrogen and oxygen atoms in total. The molecule has 1 aliphatic rings. The molecule has 1 aromatic rings. The fourth-order valence-corrected chi connectivity index (χ4v) is 4.54. The van der Waals surface area contributed by atoms with Crippen molar-refractivity contribution in [3.63, 3.8) is 0 Å². The van der Waals surface area contributed by atoms with Crippen LogP contribution in [0.2, 0.25) is 0 Å². The molecule has 1 amide bonds. The highest BCUT2D eigenvalue weighted by Gasteiger charge is 2.31. The number of amides is 1. The Kier molecular flexibility index (Phi) is 6.90. The first-order valence-corrected chi connectivity index (χ1v) is 10.4. The molecule has 10 heteroatoms. The SMILES string of the molecule is CCC(C)NC(=O)CN1CCN(S(=O)(=O)c2cc([N+](=O)[O-])ccc2C)CC1. The molecule has 0 aromatic heterocycles. The molecule has 0 radical (unpaired) electrons. The van der Waals surface area contributed by atoms with Crippen molar-refractivity contribution in [2.24, 2.45) is 0 Å². The molecule has 1 atom stereocenters. The molecule has 27 heavy (non-hydrogen) atoms. The van der Waals surface area contributed by atoms with Crippen LogP contribution in [0.5, 0.6) is 0 Å². The monoisotopic (exact) mass is 398 g/mol. The normalized spacial score (nSPS) is 17.4. The van der Waals surface area contributed by atoms with Gasteiger partial charge in [-0.15, -0.1) is 0 Å². The van der Waals surface area contributed by atoms with Gasteiger partial charge in [0.2, 0.25) is 15.9 Å². The second-order valence-corrected chi connectivity index (χ2v) is 8.67. The molecule has 1 aromatic carbocycles. The molecular formula is C17H26N4O5S. The van der Waals surface area contributed by atoms with Crippen molar-refractivity contribution in [3.05, 3.63) is 33.9 Å². The molecular weight excluding hydrogens is 372 g/mol. The number of non-ortho nitro benzene ring substituents is 1. The van der Waals surface area contributed by atoms with Crippen molar-refractivity contribution < 1.29 is 18.1 Å². The highest BCUT2D eigenvalue weighted by Crippen LogP contribution is 2.25. The van der Waals surface area contributed by atoms with E-state index in [1.807, 2.05) is 18.7 Å². The number of carbonyl (C=O) groups is 1. The van der Waals surface area contributed by atoms with Gasteiger partial charge in [-0.1, -0.05) is 13.0 Å². The predicted octanol–water partition coefficient (Wildman–Crippen LogP) is 1.12. The van der Waals surface area contributed by atoms with Crippen LogP contribution in [0.3, 0.4) is 0 Å². The van der Waals surface area contributed by atoms with Crippen LogP contribution in [0.4, 0.5) is 5.69 Å². The molecule has 0 bridgehead atoms. The third kappa shape index (κ3) is 5.24. The van der Waals surface area contributed by atoms with Crippen molar-refractivity contribution in [3.8, 4) is 0 Å². The fraction of sp³-hybridized carbons (Fsp3) is 0.588. The van der Waals surface area contributed by atoms with E-state index in [9.17, 15) is 23.3 Å². The number of piperazine rings is 1. The average molecular weight is 398 g/mol. The van der Waals surface area contributed by atoms with Crippen LogP contribution in [0.1, 0.15) is 25.8 Å². The summed E-state index contributed by atoms with van der Waals surface area (Å²) in [4.78, 5) is 24.2. The number of nitro groups is 1. The van der Waals surface area contributed by atoms with Crippen molar-refractivity contribution in [2.45, 2.75) is 38.1 Å². The Bertz CT molecular complexity index is 804. The molecule has 1 fully saturated rings. The second kappa shape index (κ2) is 8.77. The topological polar surface area (TPSA) is 113 Å². The van der Waals surface area contributed by atoms with E-state index in [2.05, 4.69) is 5.32 Å². The summed E-state index contributed by atoms with van der Waals surface area (Å²) in [5, 5.41) is 13.9. The standard InChI is InChI=1S/C17H26N4O5S/c1-4-14(3)18-17(22)12-19-7-9-20(10-8-19)27(25,26)16-11-15(21(23)24)6-5-13(16)2/h5-6,11,14H,4,7-10,12H2,1-3H3,(H,18,22). The van der Waals surface area contributed by atoms with E-state index in [1.165, 1.54) is 16.4 Å². The fourth-order valence-electron chi connectivity index (χ4n) is 2.87. The Balaban J connectivity index is 2.04. The zero-order chi connectivity index (χ0) is 20.2. The Hall–Kier alpha value is -2.04. The average Bonchev–Trinajstić information content (AvgIpc) is 2.61. The minimum atomic E-state index is -3.82. The number of rotatable bonds is 7. The summed E-state index contributed by atoms with van der Waals surface area (Å²) in [5.74, 6) is -0.0739. The first kappa shape index (κ1) is 21.3. The molecule has 1 heterocycles. The van der Waals surface area contributed by atoms with Gasteiger partial charge in [-0.2, -0.15) is 4.31 Å². The minimum Gasteiger partial charge on any atom is -0.353 e. The van der Waals surface area contributed by atoms with E-state index in [4.69, 9.17) is 0 Å². The lowest BCUT2D eigenvalue weighted by Crippen LogP contribution is -2.51. The number of carbonyl (C=O) groups excluding carboxylic acids is 1. The van der Waals surface area contributed by atoms with Crippen molar-refractivity contribution in [1.29, 1.82) is 0 Å². The summed E-state index contributed by atoms with van der Waals surface area (Å²) in [7, 11) is -3.82. The zero-order valence-corrected chi connectivity index (χ0v) is 16.7. The second-order valence-electron chi connectivity index (χ2n) is 6.76. The third-order valence-corrected chi connectivity index (χ3v) is 6.76. The quantitative estimate of drug-likeness (QED) is 0.544. The number of nitro benzene ring substituents is 1. The molecule has 1 N–H and O–H groups in total. The van der Waals surface area contributed by atoms with Gasteiger partial charge in [-0.25, -0.2) is 8.42 Å². The van der Waals surface area contributed by atoms with Gasteiger partial charge in [0, 0.05) is 44.4 Å². The molecule has 0 spiro atoms. The van der Waals surface area contributed by atoms with Crippen LogP contribution in [0, 0.1) is 17.0 Å². The Morgan fingerprint density at radius 3 is 2.48 bits per heavy atom. The lowest BCUT2D eigenvalue weighted by Gasteiger charge is -2.33. The van der Waals surface area contributed by atoms with Crippen LogP contribution in [-0.4, -0.2) is 67.2 Å². The Morgan fingerprint density at radius 1 is 1.30 bits per heavy atom. The van der Waals surface area contributed by atoms with E-state index < -0.39 is 14.9 Å².